The van der Waals surface area contributed by atoms with Crippen LogP contribution in [0.5, 0.6) is 0 Å². The molecule has 0 amide bonds. The molecular weight excluding hydrogens is 244 g/mol. The van der Waals surface area contributed by atoms with Crippen LogP contribution in [0.2, 0.25) is 0 Å². The van der Waals surface area contributed by atoms with Crippen LogP contribution in [0.3, 0.4) is 0 Å². The summed E-state index contributed by atoms with van der Waals surface area (Å²) in [5.41, 5.74) is -0.217. The third-order valence-corrected chi connectivity index (χ3v) is 3.64. The van der Waals surface area contributed by atoms with Crippen molar-refractivity contribution in [2.24, 2.45) is 11.3 Å². The van der Waals surface area contributed by atoms with Crippen molar-refractivity contribution in [3.8, 4) is 24.5 Å². The lowest BCUT2D eigenvalue weighted by Gasteiger charge is -2.32. The van der Waals surface area contributed by atoms with Gasteiger partial charge < -0.3 is 0 Å². The van der Waals surface area contributed by atoms with Crippen LogP contribution in [0.1, 0.15) is 31.7 Å². The first kappa shape index (κ1) is 15.6. The molecule has 0 aliphatic heterocycles. The Labute approximate surface area is 121 Å². The Morgan fingerprint density at radius 2 is 1.85 bits per heavy atom. The highest BCUT2D eigenvalue weighted by molar-refractivity contribution is 5.34. The van der Waals surface area contributed by atoms with Gasteiger partial charge in [0.1, 0.15) is 0 Å². The summed E-state index contributed by atoms with van der Waals surface area (Å²) < 4.78 is 0. The number of benzene rings is 1. The molecule has 2 atom stereocenters. The van der Waals surface area contributed by atoms with Gasteiger partial charge in [0.25, 0.3) is 0 Å². The van der Waals surface area contributed by atoms with E-state index in [4.69, 9.17) is 6.42 Å². The van der Waals surface area contributed by atoms with Gasteiger partial charge in [0.15, 0.2) is 5.41 Å². The Morgan fingerprint density at radius 3 is 2.30 bits per heavy atom. The summed E-state index contributed by atoms with van der Waals surface area (Å²) in [5, 5.41) is 19.3. The number of hydrogen-bond acceptors (Lipinski definition) is 2. The molecule has 0 aromatic heterocycles. The molecule has 100 valence electrons. The summed E-state index contributed by atoms with van der Waals surface area (Å²) in [7, 11) is 0. The minimum absolute atomic E-state index is 0.193. The van der Waals surface area contributed by atoms with Crippen LogP contribution in [0, 0.1) is 46.3 Å². The minimum Gasteiger partial charge on any atom is -0.197 e. The van der Waals surface area contributed by atoms with Gasteiger partial charge in [-0.05, 0) is 12.5 Å². The zero-order valence-electron chi connectivity index (χ0n) is 11.9. The highest BCUT2D eigenvalue weighted by atomic mass is 14.5. The largest absolute Gasteiger partial charge is 0.197 e. The highest BCUT2D eigenvalue weighted by Gasteiger charge is 2.44. The van der Waals surface area contributed by atoms with Crippen LogP contribution < -0.4 is 0 Å². The molecule has 0 spiro atoms. The lowest BCUT2D eigenvalue weighted by Crippen LogP contribution is -2.32. The quantitative estimate of drug-likeness (QED) is 0.594. The third-order valence-electron chi connectivity index (χ3n) is 3.64. The second-order valence-electron chi connectivity index (χ2n) is 4.78. The van der Waals surface area contributed by atoms with Crippen LogP contribution in [0.4, 0.5) is 0 Å². The fourth-order valence-corrected chi connectivity index (χ4v) is 2.49. The molecule has 20 heavy (non-hydrogen) atoms. The number of allylic oxidation sites excluding steroid dienone is 2. The summed E-state index contributed by atoms with van der Waals surface area (Å²) in [6.45, 7) is 3.77. The van der Waals surface area contributed by atoms with Crippen molar-refractivity contribution in [3.63, 3.8) is 0 Å². The van der Waals surface area contributed by atoms with Gasteiger partial charge in [-0.1, -0.05) is 49.4 Å². The molecule has 0 bridgehead atoms. The minimum atomic E-state index is -1.15. The summed E-state index contributed by atoms with van der Waals surface area (Å²) in [4.78, 5) is 0. The number of rotatable bonds is 5. The second kappa shape index (κ2) is 7.18. The van der Waals surface area contributed by atoms with Gasteiger partial charge in [0.2, 0.25) is 0 Å². The molecular formula is C18H18N2. The van der Waals surface area contributed by atoms with E-state index < -0.39 is 5.41 Å². The first-order valence-corrected chi connectivity index (χ1v) is 6.60. The molecule has 0 saturated heterocycles. The molecule has 0 aliphatic carbocycles. The van der Waals surface area contributed by atoms with Gasteiger partial charge in [-0.3, -0.25) is 0 Å². The van der Waals surface area contributed by atoms with E-state index >= 15 is 0 Å². The van der Waals surface area contributed by atoms with E-state index in [0.717, 1.165) is 5.56 Å². The number of nitriles is 2. The molecule has 2 nitrogen and oxygen atoms in total. The van der Waals surface area contributed by atoms with E-state index in [1.54, 1.807) is 0 Å². The Morgan fingerprint density at radius 1 is 1.25 bits per heavy atom. The maximum Gasteiger partial charge on any atom is 0.157 e. The smallest absolute Gasteiger partial charge is 0.157 e. The van der Waals surface area contributed by atoms with E-state index in [2.05, 4.69) is 18.1 Å². The predicted octanol–water partition coefficient (Wildman–Crippen LogP) is 4.04. The molecule has 0 saturated carbocycles. The van der Waals surface area contributed by atoms with Gasteiger partial charge in [-0.25, -0.2) is 0 Å². The van der Waals surface area contributed by atoms with Crippen molar-refractivity contribution in [2.45, 2.75) is 26.2 Å². The Hall–Kier alpha value is -2.50. The topological polar surface area (TPSA) is 47.6 Å². The monoisotopic (exact) mass is 262 g/mol. The zero-order valence-corrected chi connectivity index (χ0v) is 11.9. The average Bonchev–Trinajstić information content (AvgIpc) is 2.49. The molecule has 1 aromatic rings. The van der Waals surface area contributed by atoms with Gasteiger partial charge in [0.05, 0.1) is 12.1 Å². The lowest BCUT2D eigenvalue weighted by molar-refractivity contribution is 0.330. The lowest BCUT2D eigenvalue weighted by atomic mass is 9.65. The van der Waals surface area contributed by atoms with Gasteiger partial charge in [-0.15, -0.1) is 12.3 Å². The van der Waals surface area contributed by atoms with Crippen LogP contribution in [0.15, 0.2) is 42.5 Å². The molecule has 0 aliphatic rings. The van der Waals surface area contributed by atoms with E-state index in [0.29, 0.717) is 6.42 Å². The van der Waals surface area contributed by atoms with Crippen molar-refractivity contribution >= 4 is 0 Å². The number of terminal acetylenes is 1. The number of nitrogens with zero attached hydrogens (tertiary/aromatic N) is 2. The summed E-state index contributed by atoms with van der Waals surface area (Å²) in [5.74, 6) is 2.12. The summed E-state index contributed by atoms with van der Waals surface area (Å²) in [6, 6.07) is 14.0. The van der Waals surface area contributed by atoms with E-state index in [1.807, 2.05) is 56.3 Å². The van der Waals surface area contributed by atoms with Crippen molar-refractivity contribution in [2.75, 3.05) is 0 Å². The molecule has 1 rings (SSSR count). The molecule has 0 heterocycles. The Balaban J connectivity index is 3.39. The average molecular weight is 262 g/mol. The van der Waals surface area contributed by atoms with Crippen molar-refractivity contribution < 1.29 is 0 Å². The van der Waals surface area contributed by atoms with Gasteiger partial charge in [-0.2, -0.15) is 10.5 Å². The fraction of sp³-hybridized carbons (Fsp3) is 0.333. The van der Waals surface area contributed by atoms with Crippen LogP contribution in [0.25, 0.3) is 0 Å². The van der Waals surface area contributed by atoms with E-state index in [-0.39, 0.29) is 11.8 Å². The highest BCUT2D eigenvalue weighted by Crippen LogP contribution is 2.44. The van der Waals surface area contributed by atoms with Crippen molar-refractivity contribution in [3.05, 3.63) is 48.0 Å². The van der Waals surface area contributed by atoms with Crippen LogP contribution in [-0.4, -0.2) is 0 Å². The maximum atomic E-state index is 9.66. The van der Waals surface area contributed by atoms with Gasteiger partial charge >= 0.3 is 0 Å². The fourth-order valence-electron chi connectivity index (χ4n) is 2.49. The first-order valence-electron chi connectivity index (χ1n) is 6.60. The Kier molecular flexibility index (Phi) is 5.58. The maximum absolute atomic E-state index is 9.66. The van der Waals surface area contributed by atoms with Gasteiger partial charge in [0, 0.05) is 18.3 Å². The van der Waals surface area contributed by atoms with Crippen LogP contribution in [-0.2, 0) is 0 Å². The zero-order chi connectivity index (χ0) is 15.0. The Bertz CT molecular complexity index is 565. The third kappa shape index (κ3) is 2.90. The molecule has 0 radical (unpaired) electrons. The number of hydrogen-bond donors (Lipinski definition) is 0. The second-order valence-corrected chi connectivity index (χ2v) is 4.78. The van der Waals surface area contributed by atoms with E-state index in [9.17, 15) is 10.5 Å². The summed E-state index contributed by atoms with van der Waals surface area (Å²) in [6.07, 6.45) is 9.58. The molecule has 0 fully saturated rings. The predicted molar refractivity (Wildman–Crippen MR) is 80.3 cm³/mol. The molecule has 2 heteroatoms. The summed E-state index contributed by atoms with van der Waals surface area (Å²) >= 11 is 0. The molecule has 2 unspecified atom stereocenters. The molecule has 1 aromatic carbocycles. The van der Waals surface area contributed by atoms with Crippen molar-refractivity contribution in [1.29, 1.82) is 10.5 Å². The SMILES string of the molecule is C#CCC(c1ccccc1)C(C#N)(C#N)C(C)/C=C/C. The first-order chi connectivity index (χ1) is 9.66. The van der Waals surface area contributed by atoms with Crippen LogP contribution >= 0.6 is 0 Å². The van der Waals surface area contributed by atoms with E-state index in [1.165, 1.54) is 0 Å². The standard InChI is InChI=1S/C18H18N2/c1-4-9-15(3)18(13-19,14-20)17(10-5-2)16-11-7-6-8-12-16/h2,4,6-9,11-12,15,17H,10H2,1,3H3/b9-4+. The van der Waals surface area contributed by atoms with Crippen molar-refractivity contribution in [1.82, 2.24) is 0 Å². The molecule has 0 N–H and O–H groups in total. The normalized spacial score (nSPS) is 13.9.